The van der Waals surface area contributed by atoms with Gasteiger partial charge in [-0.3, -0.25) is 4.79 Å². The number of fused-ring (bicyclic) bond motifs is 1. The largest absolute Gasteiger partial charge is 0.322 e. The lowest BCUT2D eigenvalue weighted by molar-refractivity contribution is 0.102. The zero-order chi connectivity index (χ0) is 16.6. The molecule has 0 aliphatic heterocycles. The molecule has 0 spiro atoms. The van der Waals surface area contributed by atoms with Crippen molar-refractivity contribution in [3.05, 3.63) is 58.1 Å². The molecule has 120 valence electrons. The molecule has 0 bridgehead atoms. The number of carbonyl (C=O) groups excluding carboxylic acids is 1. The van der Waals surface area contributed by atoms with Crippen molar-refractivity contribution in [3.8, 4) is 0 Å². The number of benzene rings is 2. The van der Waals surface area contributed by atoms with Gasteiger partial charge in [0.05, 0.1) is 9.92 Å². The third-order valence-electron chi connectivity index (χ3n) is 3.95. The van der Waals surface area contributed by atoms with E-state index < -0.39 is 9.84 Å². The number of carbonyl (C=O) groups is 1. The molecule has 1 aliphatic carbocycles. The SMILES string of the molecule is CS(=O)(=O)c1cc(C(=O)Nc2ccc3c(c2)CCC3)ccc1Cl. The topological polar surface area (TPSA) is 63.2 Å². The van der Waals surface area contributed by atoms with Gasteiger partial charge in [0.2, 0.25) is 0 Å². The van der Waals surface area contributed by atoms with Crippen molar-refractivity contribution in [1.82, 2.24) is 0 Å². The lowest BCUT2D eigenvalue weighted by Crippen LogP contribution is -2.13. The molecule has 0 saturated heterocycles. The van der Waals surface area contributed by atoms with E-state index in [4.69, 9.17) is 11.6 Å². The molecule has 0 aromatic heterocycles. The molecular weight excluding hydrogens is 334 g/mol. The fraction of sp³-hybridized carbons (Fsp3) is 0.235. The van der Waals surface area contributed by atoms with Crippen LogP contribution >= 0.6 is 11.6 Å². The second-order valence-electron chi connectivity index (χ2n) is 5.71. The molecule has 23 heavy (non-hydrogen) atoms. The van der Waals surface area contributed by atoms with Crippen LogP contribution in [0.2, 0.25) is 5.02 Å². The first-order chi connectivity index (χ1) is 10.8. The van der Waals surface area contributed by atoms with Crippen molar-refractivity contribution in [2.75, 3.05) is 11.6 Å². The van der Waals surface area contributed by atoms with Crippen LogP contribution in [-0.4, -0.2) is 20.6 Å². The summed E-state index contributed by atoms with van der Waals surface area (Å²) in [5, 5.41) is 2.92. The first-order valence-electron chi connectivity index (χ1n) is 7.27. The van der Waals surface area contributed by atoms with E-state index in [-0.39, 0.29) is 21.4 Å². The van der Waals surface area contributed by atoms with Gasteiger partial charge in [0.25, 0.3) is 5.91 Å². The van der Waals surface area contributed by atoms with E-state index in [1.807, 2.05) is 18.2 Å². The van der Waals surface area contributed by atoms with Crippen molar-refractivity contribution in [1.29, 1.82) is 0 Å². The molecule has 0 unspecified atom stereocenters. The zero-order valence-corrected chi connectivity index (χ0v) is 14.2. The predicted octanol–water partition coefficient (Wildman–Crippen LogP) is 3.48. The minimum Gasteiger partial charge on any atom is -0.322 e. The molecule has 3 rings (SSSR count). The third kappa shape index (κ3) is 3.41. The first kappa shape index (κ1) is 16.0. The second kappa shape index (κ2) is 5.98. The van der Waals surface area contributed by atoms with Crippen LogP contribution < -0.4 is 5.32 Å². The summed E-state index contributed by atoms with van der Waals surface area (Å²) in [7, 11) is -3.48. The molecular formula is C17H16ClNO3S. The third-order valence-corrected chi connectivity index (χ3v) is 5.53. The van der Waals surface area contributed by atoms with E-state index in [0.717, 1.165) is 25.5 Å². The number of nitrogens with one attached hydrogen (secondary N) is 1. The van der Waals surface area contributed by atoms with Crippen molar-refractivity contribution in [3.63, 3.8) is 0 Å². The average molecular weight is 350 g/mol. The van der Waals surface area contributed by atoms with Gasteiger partial charge in [-0.15, -0.1) is 0 Å². The van der Waals surface area contributed by atoms with Crippen molar-refractivity contribution in [2.45, 2.75) is 24.2 Å². The van der Waals surface area contributed by atoms with Crippen molar-refractivity contribution >= 4 is 33.0 Å². The quantitative estimate of drug-likeness (QED) is 0.922. The number of sulfone groups is 1. The highest BCUT2D eigenvalue weighted by Gasteiger charge is 2.17. The summed E-state index contributed by atoms with van der Waals surface area (Å²) >= 11 is 5.90. The molecule has 0 radical (unpaired) electrons. The Hall–Kier alpha value is -1.85. The Labute approximate surface area is 140 Å². The number of aryl methyl sites for hydroxylation is 2. The van der Waals surface area contributed by atoms with Crippen LogP contribution in [0.15, 0.2) is 41.3 Å². The lowest BCUT2D eigenvalue weighted by Gasteiger charge is -2.09. The molecule has 1 aliphatic rings. The molecule has 2 aromatic rings. The first-order valence-corrected chi connectivity index (χ1v) is 9.54. The summed E-state index contributed by atoms with van der Waals surface area (Å²) in [5.74, 6) is -0.357. The highest BCUT2D eigenvalue weighted by molar-refractivity contribution is 7.90. The number of halogens is 1. The number of amides is 1. The van der Waals surface area contributed by atoms with Gasteiger partial charge in [0.1, 0.15) is 0 Å². The van der Waals surface area contributed by atoms with E-state index >= 15 is 0 Å². The highest BCUT2D eigenvalue weighted by Crippen LogP contribution is 2.26. The minimum absolute atomic E-state index is 0.0410. The molecule has 0 heterocycles. The van der Waals surface area contributed by atoms with Crippen LogP contribution in [-0.2, 0) is 22.7 Å². The Morgan fingerprint density at radius 3 is 2.57 bits per heavy atom. The van der Waals surface area contributed by atoms with Gasteiger partial charge in [0, 0.05) is 17.5 Å². The van der Waals surface area contributed by atoms with E-state index in [1.54, 1.807) is 0 Å². The normalized spacial score (nSPS) is 13.7. The van der Waals surface area contributed by atoms with Gasteiger partial charge in [-0.25, -0.2) is 8.42 Å². The van der Waals surface area contributed by atoms with Gasteiger partial charge < -0.3 is 5.32 Å². The number of hydrogen-bond donors (Lipinski definition) is 1. The maximum atomic E-state index is 12.4. The average Bonchev–Trinajstić information content (AvgIpc) is 2.94. The molecule has 6 heteroatoms. The van der Waals surface area contributed by atoms with Crippen molar-refractivity contribution in [2.24, 2.45) is 0 Å². The van der Waals surface area contributed by atoms with Gasteiger partial charge >= 0.3 is 0 Å². The van der Waals surface area contributed by atoms with Crippen LogP contribution in [0.5, 0.6) is 0 Å². The summed E-state index contributed by atoms with van der Waals surface area (Å²) in [6.07, 6.45) is 4.31. The maximum absolute atomic E-state index is 12.4. The highest BCUT2D eigenvalue weighted by atomic mass is 35.5. The van der Waals surface area contributed by atoms with E-state index in [2.05, 4.69) is 5.32 Å². The van der Waals surface area contributed by atoms with Crippen LogP contribution in [0.4, 0.5) is 5.69 Å². The van der Waals surface area contributed by atoms with E-state index in [9.17, 15) is 13.2 Å². The van der Waals surface area contributed by atoms with Gasteiger partial charge in [0.15, 0.2) is 9.84 Å². The van der Waals surface area contributed by atoms with E-state index in [0.29, 0.717) is 5.69 Å². The summed E-state index contributed by atoms with van der Waals surface area (Å²) < 4.78 is 23.4. The lowest BCUT2D eigenvalue weighted by atomic mass is 10.1. The maximum Gasteiger partial charge on any atom is 0.255 e. The van der Waals surface area contributed by atoms with Crippen LogP contribution in [0.3, 0.4) is 0 Å². The summed E-state index contributed by atoms with van der Waals surface area (Å²) in [6.45, 7) is 0. The minimum atomic E-state index is -3.48. The number of rotatable bonds is 3. The van der Waals surface area contributed by atoms with Gasteiger partial charge in [-0.05, 0) is 60.7 Å². The second-order valence-corrected chi connectivity index (χ2v) is 8.10. The Morgan fingerprint density at radius 2 is 1.83 bits per heavy atom. The zero-order valence-electron chi connectivity index (χ0n) is 12.6. The van der Waals surface area contributed by atoms with Crippen molar-refractivity contribution < 1.29 is 13.2 Å². The summed E-state index contributed by atoms with van der Waals surface area (Å²) in [4.78, 5) is 12.3. The Balaban J connectivity index is 1.86. The Bertz CT molecular complexity index is 891. The fourth-order valence-corrected chi connectivity index (χ4v) is 4.08. The Morgan fingerprint density at radius 1 is 1.09 bits per heavy atom. The van der Waals surface area contributed by atoms with E-state index in [1.165, 1.54) is 29.3 Å². The molecule has 0 saturated carbocycles. The Kier molecular flexibility index (Phi) is 4.17. The molecule has 0 fully saturated rings. The molecule has 0 atom stereocenters. The summed E-state index contributed by atoms with van der Waals surface area (Å²) in [6, 6.07) is 10.1. The van der Waals surface area contributed by atoms with Gasteiger partial charge in [-0.1, -0.05) is 17.7 Å². The standard InChI is InChI=1S/C17H16ClNO3S/c1-23(21,22)16-10-13(6-8-15(16)18)17(20)19-14-7-5-11-3-2-4-12(11)9-14/h5-10H,2-4H2,1H3,(H,19,20). The van der Waals surface area contributed by atoms with Gasteiger partial charge in [-0.2, -0.15) is 0 Å². The number of anilines is 1. The predicted molar refractivity (Wildman–Crippen MR) is 91.0 cm³/mol. The van der Waals surface area contributed by atoms with Crippen LogP contribution in [0.25, 0.3) is 0 Å². The molecule has 1 N–H and O–H groups in total. The fourth-order valence-electron chi connectivity index (χ4n) is 2.78. The molecule has 4 nitrogen and oxygen atoms in total. The molecule has 2 aromatic carbocycles. The monoisotopic (exact) mass is 349 g/mol. The smallest absolute Gasteiger partial charge is 0.255 e. The van der Waals surface area contributed by atoms with Crippen LogP contribution in [0.1, 0.15) is 27.9 Å². The summed E-state index contributed by atoms with van der Waals surface area (Å²) in [5.41, 5.74) is 3.56. The number of hydrogen-bond acceptors (Lipinski definition) is 3. The molecule has 1 amide bonds. The van der Waals surface area contributed by atoms with Crippen LogP contribution in [0, 0.1) is 0 Å².